The molecule has 0 atom stereocenters. The third-order valence-corrected chi connectivity index (χ3v) is 4.32. The molecule has 3 rings (SSSR count). The van der Waals surface area contributed by atoms with Gasteiger partial charge in [-0.1, -0.05) is 54.1 Å². The van der Waals surface area contributed by atoms with Gasteiger partial charge in [0.15, 0.2) is 6.61 Å². The molecule has 126 valence electrons. The van der Waals surface area contributed by atoms with Crippen molar-refractivity contribution in [1.29, 1.82) is 0 Å². The van der Waals surface area contributed by atoms with Crippen LogP contribution in [0.5, 0.6) is 5.75 Å². The molecule has 0 radical (unpaired) electrons. The van der Waals surface area contributed by atoms with Gasteiger partial charge in [-0.15, -0.1) is 0 Å². The van der Waals surface area contributed by atoms with Crippen molar-refractivity contribution in [2.24, 2.45) is 5.10 Å². The molecule has 0 aliphatic carbocycles. The van der Waals surface area contributed by atoms with Crippen LogP contribution in [0.2, 0.25) is 5.02 Å². The van der Waals surface area contributed by atoms with Gasteiger partial charge >= 0.3 is 0 Å². The Morgan fingerprint density at radius 2 is 1.96 bits per heavy atom. The minimum absolute atomic E-state index is 0.146. The second-order valence-electron chi connectivity index (χ2n) is 5.22. The molecule has 0 aliphatic heterocycles. The normalized spacial score (nSPS) is 11.0. The van der Waals surface area contributed by atoms with Crippen molar-refractivity contribution in [1.82, 2.24) is 5.43 Å². The van der Waals surface area contributed by atoms with Gasteiger partial charge in [0, 0.05) is 10.6 Å². The second kappa shape index (κ2) is 8.14. The van der Waals surface area contributed by atoms with Crippen LogP contribution in [0, 0.1) is 0 Å². The number of hydrogen-bond acceptors (Lipinski definition) is 3. The standard InChI is InChI=1S/C19H14BrClN2O2/c20-17-10-15(21)8-9-18(17)25-12-19(24)23-22-11-14-6-3-5-13-4-1-2-7-16(13)14/h1-11H,12H2,(H,23,24)/b22-11+. The fourth-order valence-corrected chi connectivity index (χ4v) is 3.10. The number of nitrogens with zero attached hydrogens (tertiary/aromatic N) is 1. The number of carbonyl (C=O) groups is 1. The number of hydrogen-bond donors (Lipinski definition) is 1. The Kier molecular flexibility index (Phi) is 5.68. The molecule has 0 spiro atoms. The van der Waals surface area contributed by atoms with E-state index in [-0.39, 0.29) is 12.5 Å². The van der Waals surface area contributed by atoms with Crippen molar-refractivity contribution < 1.29 is 9.53 Å². The van der Waals surface area contributed by atoms with E-state index in [1.165, 1.54) is 0 Å². The number of amides is 1. The largest absolute Gasteiger partial charge is 0.483 e. The van der Waals surface area contributed by atoms with Crippen molar-refractivity contribution in [2.45, 2.75) is 0 Å². The molecule has 0 bridgehead atoms. The van der Waals surface area contributed by atoms with E-state index < -0.39 is 0 Å². The summed E-state index contributed by atoms with van der Waals surface area (Å²) in [6.45, 7) is -0.146. The lowest BCUT2D eigenvalue weighted by atomic mass is 10.1. The van der Waals surface area contributed by atoms with Gasteiger partial charge in [-0.05, 0) is 44.9 Å². The number of carbonyl (C=O) groups excluding carboxylic acids is 1. The van der Waals surface area contributed by atoms with Crippen LogP contribution < -0.4 is 10.2 Å². The molecular weight excluding hydrogens is 404 g/mol. The first-order valence-corrected chi connectivity index (χ1v) is 8.68. The van der Waals surface area contributed by atoms with Crippen LogP contribution in [-0.2, 0) is 4.79 Å². The molecule has 0 heterocycles. The molecule has 1 N–H and O–H groups in total. The van der Waals surface area contributed by atoms with Crippen LogP contribution in [0.4, 0.5) is 0 Å². The van der Waals surface area contributed by atoms with Gasteiger partial charge in [0.2, 0.25) is 0 Å². The quantitative estimate of drug-likeness (QED) is 0.479. The van der Waals surface area contributed by atoms with Crippen molar-refractivity contribution in [3.63, 3.8) is 0 Å². The Hall–Kier alpha value is -2.37. The van der Waals surface area contributed by atoms with Crippen LogP contribution in [0.1, 0.15) is 5.56 Å². The maximum Gasteiger partial charge on any atom is 0.277 e. The zero-order valence-electron chi connectivity index (χ0n) is 13.1. The van der Waals surface area contributed by atoms with E-state index in [4.69, 9.17) is 16.3 Å². The van der Waals surface area contributed by atoms with E-state index in [9.17, 15) is 4.79 Å². The average molecular weight is 418 g/mol. The molecular formula is C19H14BrClN2O2. The highest BCUT2D eigenvalue weighted by Crippen LogP contribution is 2.27. The number of ether oxygens (including phenoxy) is 1. The Balaban J connectivity index is 1.59. The number of nitrogens with one attached hydrogen (secondary N) is 1. The van der Waals surface area contributed by atoms with Gasteiger partial charge < -0.3 is 4.74 Å². The highest BCUT2D eigenvalue weighted by atomic mass is 79.9. The third kappa shape index (κ3) is 4.59. The SMILES string of the molecule is O=C(COc1ccc(Cl)cc1Br)N/N=C/c1cccc2ccccc12. The number of halogens is 2. The maximum absolute atomic E-state index is 11.9. The van der Waals surface area contributed by atoms with E-state index >= 15 is 0 Å². The summed E-state index contributed by atoms with van der Waals surface area (Å²) in [5, 5.41) is 6.78. The van der Waals surface area contributed by atoms with Gasteiger partial charge in [0.25, 0.3) is 5.91 Å². The molecule has 3 aromatic carbocycles. The van der Waals surface area contributed by atoms with Gasteiger partial charge in [-0.25, -0.2) is 5.43 Å². The highest BCUT2D eigenvalue weighted by molar-refractivity contribution is 9.10. The van der Waals surface area contributed by atoms with Crippen molar-refractivity contribution >= 4 is 50.4 Å². The van der Waals surface area contributed by atoms with Gasteiger partial charge in [-0.2, -0.15) is 5.10 Å². The second-order valence-corrected chi connectivity index (χ2v) is 6.52. The first kappa shape index (κ1) is 17.5. The van der Waals surface area contributed by atoms with E-state index in [2.05, 4.69) is 26.5 Å². The minimum atomic E-state index is -0.349. The molecule has 4 nitrogen and oxygen atoms in total. The Morgan fingerprint density at radius 3 is 2.80 bits per heavy atom. The van der Waals surface area contributed by atoms with E-state index in [1.54, 1.807) is 24.4 Å². The average Bonchev–Trinajstić information content (AvgIpc) is 2.61. The van der Waals surface area contributed by atoms with Crippen LogP contribution in [0.25, 0.3) is 10.8 Å². The molecule has 6 heteroatoms. The molecule has 1 amide bonds. The smallest absolute Gasteiger partial charge is 0.277 e. The fraction of sp³-hybridized carbons (Fsp3) is 0.0526. The van der Waals surface area contributed by atoms with E-state index in [0.29, 0.717) is 15.2 Å². The lowest BCUT2D eigenvalue weighted by Crippen LogP contribution is -2.24. The fourth-order valence-electron chi connectivity index (χ4n) is 2.30. The molecule has 25 heavy (non-hydrogen) atoms. The van der Waals surface area contributed by atoms with Crippen molar-refractivity contribution in [2.75, 3.05) is 6.61 Å². The predicted molar refractivity (Wildman–Crippen MR) is 104 cm³/mol. The number of fused-ring (bicyclic) bond motifs is 1. The summed E-state index contributed by atoms with van der Waals surface area (Å²) in [6, 6.07) is 19.0. The van der Waals surface area contributed by atoms with E-state index in [1.807, 2.05) is 42.5 Å². The first-order chi connectivity index (χ1) is 12.1. The minimum Gasteiger partial charge on any atom is -0.483 e. The third-order valence-electron chi connectivity index (χ3n) is 3.47. The number of rotatable bonds is 5. The summed E-state index contributed by atoms with van der Waals surface area (Å²) in [5.74, 6) is 0.191. The Morgan fingerprint density at radius 1 is 1.16 bits per heavy atom. The van der Waals surface area contributed by atoms with E-state index in [0.717, 1.165) is 16.3 Å². The highest BCUT2D eigenvalue weighted by Gasteiger charge is 2.05. The summed E-state index contributed by atoms with van der Waals surface area (Å²) in [6.07, 6.45) is 1.62. The lowest BCUT2D eigenvalue weighted by molar-refractivity contribution is -0.123. The zero-order chi connectivity index (χ0) is 17.6. The summed E-state index contributed by atoms with van der Waals surface area (Å²) < 4.78 is 6.12. The zero-order valence-corrected chi connectivity index (χ0v) is 15.4. The monoisotopic (exact) mass is 416 g/mol. The molecule has 0 aromatic heterocycles. The van der Waals surface area contributed by atoms with Gasteiger partial charge in [0.1, 0.15) is 5.75 Å². The van der Waals surface area contributed by atoms with Gasteiger partial charge in [-0.3, -0.25) is 4.79 Å². The number of hydrazone groups is 1. The predicted octanol–water partition coefficient (Wildman–Crippen LogP) is 4.78. The summed E-state index contributed by atoms with van der Waals surface area (Å²) in [7, 11) is 0. The van der Waals surface area contributed by atoms with Crippen LogP contribution >= 0.6 is 27.5 Å². The van der Waals surface area contributed by atoms with Crippen LogP contribution in [0.3, 0.4) is 0 Å². The molecule has 0 saturated carbocycles. The molecule has 0 saturated heterocycles. The van der Waals surface area contributed by atoms with Crippen molar-refractivity contribution in [3.8, 4) is 5.75 Å². The Bertz CT molecular complexity index is 938. The van der Waals surface area contributed by atoms with Crippen LogP contribution in [0.15, 0.2) is 70.2 Å². The van der Waals surface area contributed by atoms with Crippen molar-refractivity contribution in [3.05, 3.63) is 75.7 Å². The summed E-state index contributed by atoms with van der Waals surface area (Å²) in [5.41, 5.74) is 3.39. The van der Waals surface area contributed by atoms with Crippen LogP contribution in [-0.4, -0.2) is 18.7 Å². The molecule has 0 fully saturated rings. The number of benzene rings is 3. The van der Waals surface area contributed by atoms with Gasteiger partial charge in [0.05, 0.1) is 10.7 Å². The lowest BCUT2D eigenvalue weighted by Gasteiger charge is -2.07. The summed E-state index contributed by atoms with van der Waals surface area (Å²) in [4.78, 5) is 11.9. The molecule has 3 aromatic rings. The molecule has 0 unspecified atom stereocenters. The Labute approximate surface area is 158 Å². The summed E-state index contributed by atoms with van der Waals surface area (Å²) >= 11 is 9.20. The maximum atomic E-state index is 11.9. The first-order valence-electron chi connectivity index (χ1n) is 7.51. The topological polar surface area (TPSA) is 50.7 Å². The molecule has 0 aliphatic rings.